The van der Waals surface area contributed by atoms with E-state index < -0.39 is 0 Å². The van der Waals surface area contributed by atoms with Crippen LogP contribution in [0.5, 0.6) is 11.6 Å². The van der Waals surface area contributed by atoms with Crippen LogP contribution in [-0.2, 0) is 0 Å². The highest BCUT2D eigenvalue weighted by Gasteiger charge is 2.10. The predicted molar refractivity (Wildman–Crippen MR) is 80.5 cm³/mol. The lowest BCUT2D eigenvalue weighted by atomic mass is 10.2. The smallest absolute Gasteiger partial charge is 0.242 e. The Bertz CT molecular complexity index is 792. The van der Waals surface area contributed by atoms with Crippen molar-refractivity contribution in [3.05, 3.63) is 52.8 Å². The zero-order valence-electron chi connectivity index (χ0n) is 10.2. The van der Waals surface area contributed by atoms with Gasteiger partial charge in [-0.25, -0.2) is 4.98 Å². The number of hydrogen-bond donors (Lipinski definition) is 1. The minimum Gasteiger partial charge on any atom is -0.435 e. The molecule has 0 saturated carbocycles. The molecular weight excluding hydrogens is 297 g/mol. The molecule has 3 aromatic rings. The van der Waals surface area contributed by atoms with Gasteiger partial charge >= 0.3 is 0 Å². The standard InChI is InChI=1S/C14H9Cl2N3O/c15-8-6-11(17)14(19-7-8)20-12-4-3-10(16)9-2-1-5-18-13(9)12/h1-7H,17H2. The molecule has 0 spiro atoms. The highest BCUT2D eigenvalue weighted by molar-refractivity contribution is 6.35. The SMILES string of the molecule is Nc1cc(Cl)cnc1Oc1ccc(Cl)c2cccnc12. The zero-order valence-corrected chi connectivity index (χ0v) is 11.7. The van der Waals surface area contributed by atoms with Crippen molar-refractivity contribution in [1.82, 2.24) is 9.97 Å². The summed E-state index contributed by atoms with van der Waals surface area (Å²) < 4.78 is 5.72. The van der Waals surface area contributed by atoms with Gasteiger partial charge in [0.1, 0.15) is 5.52 Å². The fraction of sp³-hybridized carbons (Fsp3) is 0. The Morgan fingerprint density at radius 2 is 1.95 bits per heavy atom. The van der Waals surface area contributed by atoms with Gasteiger partial charge < -0.3 is 10.5 Å². The molecule has 0 saturated heterocycles. The Morgan fingerprint density at radius 1 is 1.10 bits per heavy atom. The monoisotopic (exact) mass is 305 g/mol. The normalized spacial score (nSPS) is 10.7. The largest absolute Gasteiger partial charge is 0.435 e. The number of nitrogen functional groups attached to an aromatic ring is 1. The van der Waals surface area contributed by atoms with Crippen molar-refractivity contribution in [2.45, 2.75) is 0 Å². The van der Waals surface area contributed by atoms with Crippen molar-refractivity contribution in [1.29, 1.82) is 0 Å². The second-order valence-corrected chi connectivity index (χ2v) is 4.94. The second-order valence-electron chi connectivity index (χ2n) is 4.10. The first-order valence-electron chi connectivity index (χ1n) is 5.77. The van der Waals surface area contributed by atoms with E-state index in [1.165, 1.54) is 6.20 Å². The van der Waals surface area contributed by atoms with Gasteiger partial charge in [0.25, 0.3) is 0 Å². The minimum absolute atomic E-state index is 0.281. The number of aromatic nitrogens is 2. The molecule has 2 heterocycles. The number of rotatable bonds is 2. The van der Waals surface area contributed by atoms with Crippen molar-refractivity contribution in [2.24, 2.45) is 0 Å². The minimum atomic E-state index is 0.281. The van der Waals surface area contributed by atoms with Crippen LogP contribution in [-0.4, -0.2) is 9.97 Å². The van der Waals surface area contributed by atoms with E-state index in [9.17, 15) is 0 Å². The Morgan fingerprint density at radius 3 is 2.75 bits per heavy atom. The number of nitrogens with zero attached hydrogens (tertiary/aromatic N) is 2. The highest BCUT2D eigenvalue weighted by atomic mass is 35.5. The van der Waals surface area contributed by atoms with Crippen LogP contribution in [0.4, 0.5) is 5.69 Å². The molecule has 0 amide bonds. The first-order chi connectivity index (χ1) is 9.65. The summed E-state index contributed by atoms with van der Waals surface area (Å²) in [5.74, 6) is 0.815. The maximum Gasteiger partial charge on any atom is 0.242 e. The molecule has 100 valence electrons. The van der Waals surface area contributed by atoms with Gasteiger partial charge in [0.05, 0.1) is 15.7 Å². The first kappa shape index (κ1) is 13.0. The van der Waals surface area contributed by atoms with E-state index in [0.29, 0.717) is 27.0 Å². The van der Waals surface area contributed by atoms with Gasteiger partial charge in [-0.1, -0.05) is 23.2 Å². The Hall–Kier alpha value is -2.04. The van der Waals surface area contributed by atoms with Gasteiger partial charge in [-0.15, -0.1) is 0 Å². The van der Waals surface area contributed by atoms with Crippen LogP contribution in [0.15, 0.2) is 42.7 Å². The second kappa shape index (κ2) is 5.15. The maximum atomic E-state index is 6.13. The van der Waals surface area contributed by atoms with Crippen molar-refractivity contribution < 1.29 is 4.74 Å². The molecule has 1 aromatic carbocycles. The number of ether oxygens (including phenoxy) is 1. The van der Waals surface area contributed by atoms with E-state index in [4.69, 9.17) is 33.7 Å². The molecule has 20 heavy (non-hydrogen) atoms. The molecule has 4 nitrogen and oxygen atoms in total. The molecule has 0 aliphatic carbocycles. The average Bonchev–Trinajstić information content (AvgIpc) is 2.45. The van der Waals surface area contributed by atoms with Gasteiger partial charge in [-0.05, 0) is 30.3 Å². The third kappa shape index (κ3) is 2.35. The van der Waals surface area contributed by atoms with Gasteiger partial charge in [0, 0.05) is 17.8 Å². The van der Waals surface area contributed by atoms with Crippen LogP contribution in [0.1, 0.15) is 0 Å². The van der Waals surface area contributed by atoms with Crippen LogP contribution in [0.3, 0.4) is 0 Å². The van der Waals surface area contributed by atoms with E-state index in [2.05, 4.69) is 9.97 Å². The highest BCUT2D eigenvalue weighted by Crippen LogP contribution is 2.34. The molecule has 0 bridgehead atoms. The van der Waals surface area contributed by atoms with Gasteiger partial charge in [-0.3, -0.25) is 4.98 Å². The molecular formula is C14H9Cl2N3O. The van der Waals surface area contributed by atoms with E-state index in [1.807, 2.05) is 12.1 Å². The van der Waals surface area contributed by atoms with E-state index in [0.717, 1.165) is 5.39 Å². The van der Waals surface area contributed by atoms with Gasteiger partial charge in [0.15, 0.2) is 5.75 Å². The van der Waals surface area contributed by atoms with E-state index in [1.54, 1.807) is 24.4 Å². The molecule has 2 aromatic heterocycles. The number of benzene rings is 1. The summed E-state index contributed by atoms with van der Waals surface area (Å²) >= 11 is 11.9. The molecule has 3 rings (SSSR count). The van der Waals surface area contributed by atoms with Crippen LogP contribution >= 0.6 is 23.2 Å². The fourth-order valence-corrected chi connectivity index (χ4v) is 2.21. The summed E-state index contributed by atoms with van der Waals surface area (Å²) in [6.45, 7) is 0. The van der Waals surface area contributed by atoms with E-state index >= 15 is 0 Å². The molecule has 0 aliphatic rings. The van der Waals surface area contributed by atoms with E-state index in [-0.39, 0.29) is 5.88 Å². The predicted octanol–water partition coefficient (Wildman–Crippen LogP) is 4.31. The molecule has 2 N–H and O–H groups in total. The fourth-order valence-electron chi connectivity index (χ4n) is 1.83. The summed E-state index contributed by atoms with van der Waals surface area (Å²) in [4.78, 5) is 8.34. The zero-order chi connectivity index (χ0) is 14.1. The van der Waals surface area contributed by atoms with Crippen molar-refractivity contribution in [3.63, 3.8) is 0 Å². The van der Waals surface area contributed by atoms with Crippen LogP contribution in [0.2, 0.25) is 10.0 Å². The molecule has 0 radical (unpaired) electrons. The molecule has 0 unspecified atom stereocenters. The lowest BCUT2D eigenvalue weighted by Gasteiger charge is -2.10. The van der Waals surface area contributed by atoms with Crippen molar-refractivity contribution in [2.75, 3.05) is 5.73 Å². The van der Waals surface area contributed by atoms with Crippen LogP contribution in [0.25, 0.3) is 10.9 Å². The Balaban J connectivity index is 2.09. The number of halogens is 2. The lowest BCUT2D eigenvalue weighted by molar-refractivity contribution is 0.470. The quantitative estimate of drug-likeness (QED) is 0.766. The summed E-state index contributed by atoms with van der Waals surface area (Å²) in [6, 6.07) is 8.74. The number of hydrogen-bond acceptors (Lipinski definition) is 4. The van der Waals surface area contributed by atoms with Gasteiger partial charge in [0.2, 0.25) is 5.88 Å². The average molecular weight is 306 g/mol. The van der Waals surface area contributed by atoms with Gasteiger partial charge in [-0.2, -0.15) is 0 Å². The Labute approximate surface area is 125 Å². The van der Waals surface area contributed by atoms with Crippen LogP contribution in [0, 0.1) is 0 Å². The number of nitrogens with two attached hydrogens (primary N) is 1. The third-order valence-electron chi connectivity index (χ3n) is 2.73. The first-order valence-corrected chi connectivity index (χ1v) is 6.53. The molecule has 0 atom stereocenters. The van der Waals surface area contributed by atoms with Crippen LogP contribution < -0.4 is 10.5 Å². The lowest BCUT2D eigenvalue weighted by Crippen LogP contribution is -1.96. The molecule has 0 fully saturated rings. The summed E-state index contributed by atoms with van der Waals surface area (Å²) in [5.41, 5.74) is 6.83. The Kier molecular flexibility index (Phi) is 3.34. The summed E-state index contributed by atoms with van der Waals surface area (Å²) in [6.07, 6.45) is 3.14. The summed E-state index contributed by atoms with van der Waals surface area (Å²) in [7, 11) is 0. The maximum absolute atomic E-state index is 6.13. The number of pyridine rings is 2. The third-order valence-corrected chi connectivity index (χ3v) is 3.27. The topological polar surface area (TPSA) is 61.0 Å². The molecule has 6 heteroatoms. The number of fused-ring (bicyclic) bond motifs is 1. The van der Waals surface area contributed by atoms with Crippen molar-refractivity contribution in [3.8, 4) is 11.6 Å². The molecule has 0 aliphatic heterocycles. The number of anilines is 1. The van der Waals surface area contributed by atoms with Crippen molar-refractivity contribution >= 4 is 39.8 Å². The summed E-state index contributed by atoms with van der Waals surface area (Å²) in [5, 5.41) is 1.87.